The van der Waals surface area contributed by atoms with Crippen LogP contribution in [0.2, 0.25) is 0 Å². The SMILES string of the molecule is C=CCOC(=O)/C=C(\C)C(F)(F)F. The Morgan fingerprint density at radius 2 is 2.08 bits per heavy atom. The van der Waals surface area contributed by atoms with Crippen LogP contribution < -0.4 is 0 Å². The van der Waals surface area contributed by atoms with Crippen molar-refractivity contribution in [3.05, 3.63) is 24.3 Å². The lowest BCUT2D eigenvalue weighted by Gasteiger charge is -2.05. The molecule has 0 rings (SSSR count). The predicted molar refractivity (Wildman–Crippen MR) is 41.0 cm³/mol. The summed E-state index contributed by atoms with van der Waals surface area (Å²) >= 11 is 0. The summed E-state index contributed by atoms with van der Waals surface area (Å²) in [6.45, 7) is 3.94. The van der Waals surface area contributed by atoms with Gasteiger partial charge in [-0.3, -0.25) is 0 Å². The van der Waals surface area contributed by atoms with Crippen LogP contribution in [0, 0.1) is 0 Å². The molecule has 0 amide bonds. The monoisotopic (exact) mass is 194 g/mol. The number of carbonyl (C=O) groups excluding carboxylic acids is 1. The molecule has 2 nitrogen and oxygen atoms in total. The smallest absolute Gasteiger partial charge is 0.412 e. The van der Waals surface area contributed by atoms with Gasteiger partial charge in [0.1, 0.15) is 6.61 Å². The third kappa shape index (κ3) is 5.05. The molecule has 0 aliphatic heterocycles. The second-order valence-corrected chi connectivity index (χ2v) is 2.24. The van der Waals surface area contributed by atoms with Crippen molar-refractivity contribution in [1.29, 1.82) is 0 Å². The first-order valence-corrected chi connectivity index (χ1v) is 3.41. The molecule has 0 bridgehead atoms. The predicted octanol–water partition coefficient (Wildman–Crippen LogP) is 2.22. The summed E-state index contributed by atoms with van der Waals surface area (Å²) in [4.78, 5) is 10.6. The molecule has 0 aliphatic carbocycles. The molecule has 5 heteroatoms. The summed E-state index contributed by atoms with van der Waals surface area (Å²) in [6, 6.07) is 0. The molecular formula is C8H9F3O2. The first-order valence-electron chi connectivity index (χ1n) is 3.41. The van der Waals surface area contributed by atoms with Gasteiger partial charge < -0.3 is 4.74 Å². The van der Waals surface area contributed by atoms with E-state index in [9.17, 15) is 18.0 Å². The normalized spacial score (nSPS) is 12.5. The highest BCUT2D eigenvalue weighted by Crippen LogP contribution is 2.24. The van der Waals surface area contributed by atoms with Gasteiger partial charge in [0.25, 0.3) is 0 Å². The van der Waals surface area contributed by atoms with E-state index in [-0.39, 0.29) is 6.61 Å². The van der Waals surface area contributed by atoms with Gasteiger partial charge in [-0.1, -0.05) is 12.7 Å². The van der Waals surface area contributed by atoms with Crippen molar-refractivity contribution in [2.45, 2.75) is 13.1 Å². The van der Waals surface area contributed by atoms with E-state index in [1.54, 1.807) is 0 Å². The van der Waals surface area contributed by atoms with E-state index < -0.39 is 17.7 Å². The molecular weight excluding hydrogens is 185 g/mol. The van der Waals surface area contributed by atoms with Gasteiger partial charge >= 0.3 is 12.1 Å². The number of allylic oxidation sites excluding steroid dienone is 1. The van der Waals surface area contributed by atoms with Gasteiger partial charge in [0.05, 0.1) is 0 Å². The minimum atomic E-state index is -4.48. The molecule has 0 heterocycles. The summed E-state index contributed by atoms with van der Waals surface area (Å²) < 4.78 is 39.8. The lowest BCUT2D eigenvalue weighted by Crippen LogP contribution is -2.12. The Kier molecular flexibility index (Phi) is 4.23. The molecule has 0 saturated carbocycles. The van der Waals surface area contributed by atoms with E-state index in [1.165, 1.54) is 6.08 Å². The summed E-state index contributed by atoms with van der Waals surface area (Å²) in [5, 5.41) is 0. The van der Waals surface area contributed by atoms with Crippen molar-refractivity contribution in [3.63, 3.8) is 0 Å². The number of hydrogen-bond donors (Lipinski definition) is 0. The Morgan fingerprint density at radius 3 is 2.46 bits per heavy atom. The number of esters is 1. The van der Waals surface area contributed by atoms with Gasteiger partial charge in [0.15, 0.2) is 0 Å². The van der Waals surface area contributed by atoms with Gasteiger partial charge in [-0.05, 0) is 6.92 Å². The van der Waals surface area contributed by atoms with Crippen molar-refractivity contribution < 1.29 is 22.7 Å². The van der Waals surface area contributed by atoms with E-state index in [0.717, 1.165) is 6.92 Å². The van der Waals surface area contributed by atoms with Crippen molar-refractivity contribution in [1.82, 2.24) is 0 Å². The van der Waals surface area contributed by atoms with Crippen LogP contribution in [0.5, 0.6) is 0 Å². The lowest BCUT2D eigenvalue weighted by molar-refractivity contribution is -0.137. The first kappa shape index (κ1) is 11.7. The second kappa shape index (κ2) is 4.69. The zero-order valence-corrected chi connectivity index (χ0v) is 7.02. The number of alkyl halides is 3. The molecule has 74 valence electrons. The Hall–Kier alpha value is -1.26. The maximum Gasteiger partial charge on any atom is 0.412 e. The Labute approximate surface area is 73.7 Å². The van der Waals surface area contributed by atoms with E-state index in [1.807, 2.05) is 0 Å². The van der Waals surface area contributed by atoms with E-state index >= 15 is 0 Å². The van der Waals surface area contributed by atoms with E-state index in [0.29, 0.717) is 6.08 Å². The van der Waals surface area contributed by atoms with Crippen LogP contribution >= 0.6 is 0 Å². The fourth-order valence-corrected chi connectivity index (χ4v) is 0.441. The first-order chi connectivity index (χ1) is 5.88. The highest BCUT2D eigenvalue weighted by Gasteiger charge is 2.30. The second-order valence-electron chi connectivity index (χ2n) is 2.24. The standard InChI is InChI=1S/C8H9F3O2/c1-3-4-13-7(12)5-6(2)8(9,10)11/h3,5H,1,4H2,2H3/b6-5+. The van der Waals surface area contributed by atoms with Crippen LogP contribution in [-0.4, -0.2) is 18.8 Å². The number of hydrogen-bond acceptors (Lipinski definition) is 2. The average molecular weight is 194 g/mol. The van der Waals surface area contributed by atoms with Crippen molar-refractivity contribution >= 4 is 5.97 Å². The number of carbonyl (C=O) groups is 1. The molecule has 0 atom stereocenters. The summed E-state index contributed by atoms with van der Waals surface area (Å²) in [7, 11) is 0. The van der Waals surface area contributed by atoms with Gasteiger partial charge in [-0.2, -0.15) is 13.2 Å². The van der Waals surface area contributed by atoms with Crippen molar-refractivity contribution in [2.24, 2.45) is 0 Å². The van der Waals surface area contributed by atoms with Gasteiger partial charge in [-0.25, -0.2) is 4.79 Å². The van der Waals surface area contributed by atoms with Crippen LogP contribution in [0.15, 0.2) is 24.3 Å². The molecule has 0 spiro atoms. The topological polar surface area (TPSA) is 26.3 Å². The molecule has 0 aromatic rings. The summed E-state index contributed by atoms with van der Waals surface area (Å²) in [6.07, 6.45) is -2.80. The fourth-order valence-electron chi connectivity index (χ4n) is 0.441. The summed E-state index contributed by atoms with van der Waals surface area (Å²) in [5.41, 5.74) is -0.985. The largest absolute Gasteiger partial charge is 0.458 e. The van der Waals surface area contributed by atoms with Crippen molar-refractivity contribution in [2.75, 3.05) is 6.61 Å². The third-order valence-corrected chi connectivity index (χ3v) is 1.12. The molecule has 0 aliphatic rings. The number of rotatable bonds is 3. The van der Waals surface area contributed by atoms with Gasteiger partial charge in [-0.15, -0.1) is 0 Å². The Bertz CT molecular complexity index is 228. The maximum absolute atomic E-state index is 11.8. The molecule has 0 radical (unpaired) electrons. The third-order valence-electron chi connectivity index (χ3n) is 1.12. The number of ether oxygens (including phenoxy) is 1. The molecule has 0 saturated heterocycles. The van der Waals surface area contributed by atoms with Gasteiger partial charge in [0.2, 0.25) is 0 Å². The Morgan fingerprint density at radius 1 is 1.54 bits per heavy atom. The van der Waals surface area contributed by atoms with Crippen LogP contribution in [0.4, 0.5) is 13.2 Å². The molecule has 13 heavy (non-hydrogen) atoms. The molecule has 0 fully saturated rings. The van der Waals surface area contributed by atoms with Crippen LogP contribution in [0.3, 0.4) is 0 Å². The zero-order valence-electron chi connectivity index (χ0n) is 7.02. The molecule has 0 unspecified atom stereocenters. The Balaban J connectivity index is 4.22. The molecule has 0 N–H and O–H groups in total. The lowest BCUT2D eigenvalue weighted by atomic mass is 10.3. The van der Waals surface area contributed by atoms with Crippen LogP contribution in [0.1, 0.15) is 6.92 Å². The maximum atomic E-state index is 11.8. The van der Waals surface area contributed by atoms with Gasteiger partial charge in [0, 0.05) is 11.6 Å². The van der Waals surface area contributed by atoms with E-state index in [2.05, 4.69) is 11.3 Å². The minimum Gasteiger partial charge on any atom is -0.458 e. The summed E-state index contributed by atoms with van der Waals surface area (Å²) in [5.74, 6) is -1.02. The number of halogens is 3. The van der Waals surface area contributed by atoms with E-state index in [4.69, 9.17) is 0 Å². The molecule has 0 aromatic carbocycles. The van der Waals surface area contributed by atoms with Crippen LogP contribution in [0.25, 0.3) is 0 Å². The quantitative estimate of drug-likeness (QED) is 0.391. The minimum absolute atomic E-state index is 0.0968. The highest BCUT2D eigenvalue weighted by atomic mass is 19.4. The average Bonchev–Trinajstić information content (AvgIpc) is 1.99. The zero-order chi connectivity index (χ0) is 10.5. The van der Waals surface area contributed by atoms with Crippen molar-refractivity contribution in [3.8, 4) is 0 Å². The fraction of sp³-hybridized carbons (Fsp3) is 0.375. The van der Waals surface area contributed by atoms with Crippen LogP contribution in [-0.2, 0) is 9.53 Å². The highest BCUT2D eigenvalue weighted by molar-refractivity contribution is 5.82. The molecule has 0 aromatic heterocycles.